The number of hydrogen-bond donors (Lipinski definition) is 1. The summed E-state index contributed by atoms with van der Waals surface area (Å²) in [6.45, 7) is -0.269. The Morgan fingerprint density at radius 3 is 2.28 bits per heavy atom. The first-order valence-corrected chi connectivity index (χ1v) is 10.0. The number of hydrogen-bond acceptors (Lipinski definition) is 6. The van der Waals surface area contributed by atoms with Crippen LogP contribution in [0.3, 0.4) is 0 Å². The van der Waals surface area contributed by atoms with Crippen LogP contribution < -0.4 is 14.8 Å². The molecule has 1 N–H and O–H groups in total. The van der Waals surface area contributed by atoms with Crippen molar-refractivity contribution in [1.29, 1.82) is 0 Å². The van der Waals surface area contributed by atoms with Gasteiger partial charge in [-0.1, -0.05) is 0 Å². The molecule has 0 unspecified atom stereocenters. The number of halogens is 3. The molecule has 168 valence electrons. The predicted molar refractivity (Wildman–Crippen MR) is 113 cm³/mol. The van der Waals surface area contributed by atoms with Crippen molar-refractivity contribution in [3.05, 3.63) is 59.6 Å². The van der Waals surface area contributed by atoms with E-state index in [1.54, 1.807) is 24.6 Å². The molecule has 0 saturated carbocycles. The lowest BCUT2D eigenvalue weighted by Gasteiger charge is -2.16. The molecule has 0 saturated heterocycles. The largest absolute Gasteiger partial charge is 0.573 e. The lowest BCUT2D eigenvalue weighted by molar-refractivity contribution is -0.274. The number of methoxy groups -OCH3 is 1. The van der Waals surface area contributed by atoms with Gasteiger partial charge >= 0.3 is 6.36 Å². The van der Waals surface area contributed by atoms with E-state index in [4.69, 9.17) is 4.74 Å². The van der Waals surface area contributed by atoms with Gasteiger partial charge in [0.1, 0.15) is 22.2 Å². The molecule has 0 spiro atoms. The van der Waals surface area contributed by atoms with Crippen LogP contribution in [0.2, 0.25) is 0 Å². The smallest absolute Gasteiger partial charge is 0.497 e. The Bertz CT molecular complexity index is 1080. The maximum atomic E-state index is 12.6. The van der Waals surface area contributed by atoms with Crippen molar-refractivity contribution in [3.63, 3.8) is 0 Å². The van der Waals surface area contributed by atoms with Crippen LogP contribution in [0.5, 0.6) is 11.5 Å². The molecule has 0 atom stereocenters. The molecule has 32 heavy (non-hydrogen) atoms. The van der Waals surface area contributed by atoms with Crippen molar-refractivity contribution in [1.82, 2.24) is 9.88 Å². The van der Waals surface area contributed by atoms with Gasteiger partial charge < -0.3 is 19.7 Å². The van der Waals surface area contributed by atoms with Gasteiger partial charge in [-0.2, -0.15) is 0 Å². The number of amides is 2. The molecule has 11 heteroatoms. The highest BCUT2D eigenvalue weighted by molar-refractivity contribution is 7.13. The molecule has 3 rings (SSSR count). The number of ether oxygens (including phenoxy) is 2. The Morgan fingerprint density at radius 2 is 1.69 bits per heavy atom. The van der Waals surface area contributed by atoms with E-state index in [2.05, 4.69) is 15.0 Å². The maximum absolute atomic E-state index is 12.6. The minimum absolute atomic E-state index is 0.199. The normalized spacial score (nSPS) is 11.0. The zero-order valence-electron chi connectivity index (χ0n) is 17.0. The van der Waals surface area contributed by atoms with E-state index >= 15 is 0 Å². The number of alkyl halides is 3. The molecule has 3 aromatic rings. The highest BCUT2D eigenvalue weighted by atomic mass is 32.1. The summed E-state index contributed by atoms with van der Waals surface area (Å²) in [4.78, 5) is 30.3. The first-order chi connectivity index (χ1) is 15.1. The van der Waals surface area contributed by atoms with Gasteiger partial charge in [0, 0.05) is 23.7 Å². The predicted octanol–water partition coefficient (Wildman–Crippen LogP) is 4.43. The Morgan fingerprint density at radius 1 is 1.06 bits per heavy atom. The summed E-state index contributed by atoms with van der Waals surface area (Å²) in [5.41, 5.74) is 1.29. The summed E-state index contributed by atoms with van der Waals surface area (Å²) in [5.74, 6) is -0.658. The standard InChI is InChI=1S/C21H18F3N3O4S/c1-27(11-18(28)25-14-5-9-16(10-6-14)31-21(22,23)24)20(29)17-12-32-19(26-17)13-3-7-15(30-2)8-4-13/h3-10,12H,11H2,1-2H3,(H,25,28). The Balaban J connectivity index is 1.57. The van der Waals surface area contributed by atoms with Gasteiger partial charge in [-0.15, -0.1) is 24.5 Å². The van der Waals surface area contributed by atoms with Gasteiger partial charge in [-0.3, -0.25) is 9.59 Å². The second-order valence-electron chi connectivity index (χ2n) is 6.55. The quantitative estimate of drug-likeness (QED) is 0.559. The van der Waals surface area contributed by atoms with Crippen molar-refractivity contribution in [2.45, 2.75) is 6.36 Å². The number of anilines is 1. The van der Waals surface area contributed by atoms with Crippen molar-refractivity contribution >= 4 is 28.8 Å². The summed E-state index contributed by atoms with van der Waals surface area (Å²) in [7, 11) is 3.02. The monoisotopic (exact) mass is 465 g/mol. The number of benzene rings is 2. The van der Waals surface area contributed by atoms with E-state index in [9.17, 15) is 22.8 Å². The molecule has 1 aromatic heterocycles. The first kappa shape index (κ1) is 23.1. The number of aromatic nitrogens is 1. The van der Waals surface area contributed by atoms with Crippen LogP contribution in [0.15, 0.2) is 53.9 Å². The fraction of sp³-hybridized carbons (Fsp3) is 0.190. The second-order valence-corrected chi connectivity index (χ2v) is 7.41. The number of likely N-dealkylation sites (N-methyl/N-ethyl adjacent to an activating group) is 1. The van der Waals surface area contributed by atoms with E-state index < -0.39 is 23.9 Å². The third-order valence-electron chi connectivity index (χ3n) is 4.16. The van der Waals surface area contributed by atoms with Crippen LogP contribution >= 0.6 is 11.3 Å². The van der Waals surface area contributed by atoms with Crippen molar-refractivity contribution < 1.29 is 32.2 Å². The van der Waals surface area contributed by atoms with E-state index in [1.807, 2.05) is 12.1 Å². The molecule has 1 heterocycles. The first-order valence-electron chi connectivity index (χ1n) is 9.15. The molecule has 0 fully saturated rings. The molecule has 2 amide bonds. The van der Waals surface area contributed by atoms with Crippen LogP contribution in [0.1, 0.15) is 10.5 Å². The van der Waals surface area contributed by atoms with Gasteiger partial charge in [-0.05, 0) is 48.5 Å². The Hall–Kier alpha value is -3.60. The molecule has 0 radical (unpaired) electrons. The van der Waals surface area contributed by atoms with Crippen LogP contribution in [-0.4, -0.2) is 48.8 Å². The van der Waals surface area contributed by atoms with Gasteiger partial charge in [0.05, 0.1) is 13.7 Å². The highest BCUT2D eigenvalue weighted by Gasteiger charge is 2.31. The van der Waals surface area contributed by atoms with E-state index in [0.29, 0.717) is 10.8 Å². The number of rotatable bonds is 7. The van der Waals surface area contributed by atoms with Crippen molar-refractivity contribution in [2.24, 2.45) is 0 Å². The molecule has 0 aliphatic carbocycles. The Labute approximate surface area is 185 Å². The van der Waals surface area contributed by atoms with E-state index in [0.717, 1.165) is 17.7 Å². The second kappa shape index (κ2) is 9.69. The average Bonchev–Trinajstić information content (AvgIpc) is 3.23. The number of carbonyl (C=O) groups is 2. The lowest BCUT2D eigenvalue weighted by atomic mass is 10.2. The fourth-order valence-electron chi connectivity index (χ4n) is 2.66. The van der Waals surface area contributed by atoms with Crippen LogP contribution in [0.4, 0.5) is 18.9 Å². The number of nitrogens with zero attached hydrogens (tertiary/aromatic N) is 2. The van der Waals surface area contributed by atoms with E-state index in [-0.39, 0.29) is 17.9 Å². The molecular weight excluding hydrogens is 447 g/mol. The summed E-state index contributed by atoms with van der Waals surface area (Å²) in [6.07, 6.45) is -4.79. The van der Waals surface area contributed by atoms with Gasteiger partial charge in [0.15, 0.2) is 0 Å². The SMILES string of the molecule is COc1ccc(-c2nc(C(=O)N(C)CC(=O)Nc3ccc(OC(F)(F)F)cc3)cs2)cc1. The topological polar surface area (TPSA) is 80.8 Å². The number of thiazole rings is 1. The van der Waals surface area contributed by atoms with Gasteiger partial charge in [-0.25, -0.2) is 4.98 Å². The fourth-order valence-corrected chi connectivity index (χ4v) is 3.46. The highest BCUT2D eigenvalue weighted by Crippen LogP contribution is 2.26. The Kier molecular flexibility index (Phi) is 6.98. The number of carbonyl (C=O) groups excluding carboxylic acids is 2. The molecule has 0 aliphatic rings. The minimum atomic E-state index is -4.79. The van der Waals surface area contributed by atoms with Crippen LogP contribution in [-0.2, 0) is 4.79 Å². The maximum Gasteiger partial charge on any atom is 0.573 e. The van der Waals surface area contributed by atoms with Gasteiger partial charge in [0.2, 0.25) is 5.91 Å². The molecular formula is C21H18F3N3O4S. The van der Waals surface area contributed by atoms with Crippen LogP contribution in [0.25, 0.3) is 10.6 Å². The minimum Gasteiger partial charge on any atom is -0.497 e. The average molecular weight is 465 g/mol. The molecule has 0 bridgehead atoms. The third kappa shape index (κ3) is 6.20. The third-order valence-corrected chi connectivity index (χ3v) is 5.05. The molecule has 7 nitrogen and oxygen atoms in total. The number of nitrogens with one attached hydrogen (secondary N) is 1. The van der Waals surface area contributed by atoms with Crippen molar-refractivity contribution in [2.75, 3.05) is 26.0 Å². The van der Waals surface area contributed by atoms with Crippen molar-refractivity contribution in [3.8, 4) is 22.1 Å². The summed E-state index contributed by atoms with van der Waals surface area (Å²) in [6, 6.07) is 11.9. The van der Waals surface area contributed by atoms with Gasteiger partial charge in [0.25, 0.3) is 5.91 Å². The zero-order chi connectivity index (χ0) is 23.3. The molecule has 2 aromatic carbocycles. The summed E-state index contributed by atoms with van der Waals surface area (Å²) < 4.78 is 45.5. The lowest BCUT2D eigenvalue weighted by Crippen LogP contribution is -2.35. The zero-order valence-corrected chi connectivity index (χ0v) is 17.8. The van der Waals surface area contributed by atoms with E-state index in [1.165, 1.54) is 35.4 Å². The molecule has 0 aliphatic heterocycles. The summed E-state index contributed by atoms with van der Waals surface area (Å²) in [5, 5.41) is 4.77. The van der Waals surface area contributed by atoms with Crippen LogP contribution in [0, 0.1) is 0 Å². The summed E-state index contributed by atoms with van der Waals surface area (Å²) >= 11 is 1.30.